The van der Waals surface area contributed by atoms with E-state index < -0.39 is 0 Å². The number of benzene rings is 1. The zero-order chi connectivity index (χ0) is 14.8. The van der Waals surface area contributed by atoms with Crippen LogP contribution in [-0.4, -0.2) is 9.78 Å². The van der Waals surface area contributed by atoms with Gasteiger partial charge in [0.15, 0.2) is 0 Å². The number of nitrogens with one attached hydrogen (secondary N) is 1. The third-order valence-corrected chi connectivity index (χ3v) is 4.60. The topological polar surface area (TPSA) is 55.9 Å². The highest BCUT2D eigenvalue weighted by Gasteiger charge is 2.19. The van der Waals surface area contributed by atoms with Crippen molar-refractivity contribution < 1.29 is 4.39 Å². The number of nitrogens with two attached hydrogens (primary N) is 1. The molecule has 0 aliphatic heterocycles. The van der Waals surface area contributed by atoms with E-state index in [-0.39, 0.29) is 11.9 Å². The number of aromatic nitrogens is 2. The predicted octanol–water partition coefficient (Wildman–Crippen LogP) is 3.20. The minimum atomic E-state index is -0.218. The van der Waals surface area contributed by atoms with Gasteiger partial charge in [-0.25, -0.2) is 9.82 Å². The Hall–Kier alpha value is -1.76. The van der Waals surface area contributed by atoms with Crippen LogP contribution in [0.2, 0.25) is 0 Å². The molecule has 1 atom stereocenters. The maximum atomic E-state index is 13.3. The van der Waals surface area contributed by atoms with Crippen molar-refractivity contribution in [3.8, 4) is 0 Å². The quantitative estimate of drug-likeness (QED) is 0.562. The summed E-state index contributed by atoms with van der Waals surface area (Å²) in [5.41, 5.74) is 3.87. The van der Waals surface area contributed by atoms with E-state index in [1.807, 2.05) is 16.8 Å². The van der Waals surface area contributed by atoms with Crippen LogP contribution in [0, 0.1) is 5.82 Å². The highest BCUT2D eigenvalue weighted by atomic mass is 32.1. The van der Waals surface area contributed by atoms with Crippen molar-refractivity contribution in [3.63, 3.8) is 0 Å². The van der Waals surface area contributed by atoms with Gasteiger partial charge in [0.25, 0.3) is 0 Å². The summed E-state index contributed by atoms with van der Waals surface area (Å²) in [5, 5.41) is 5.36. The first kappa shape index (κ1) is 14.2. The Bertz CT molecular complexity index is 749. The normalized spacial score (nSPS) is 12.9. The number of thiophene rings is 1. The van der Waals surface area contributed by atoms with Crippen LogP contribution >= 0.6 is 11.3 Å². The maximum Gasteiger partial charge on any atom is 0.124 e. The van der Waals surface area contributed by atoms with Crippen molar-refractivity contribution in [1.82, 2.24) is 15.2 Å². The van der Waals surface area contributed by atoms with E-state index in [1.165, 1.54) is 6.07 Å². The van der Waals surface area contributed by atoms with E-state index in [4.69, 9.17) is 5.84 Å². The highest BCUT2D eigenvalue weighted by molar-refractivity contribution is 7.19. The van der Waals surface area contributed by atoms with E-state index >= 15 is 0 Å². The molecule has 0 fully saturated rings. The van der Waals surface area contributed by atoms with Gasteiger partial charge in [-0.05, 0) is 36.1 Å². The van der Waals surface area contributed by atoms with Crippen molar-refractivity contribution in [2.45, 2.75) is 25.9 Å². The van der Waals surface area contributed by atoms with Crippen molar-refractivity contribution >= 4 is 21.4 Å². The molecule has 3 rings (SSSR count). The first-order chi connectivity index (χ1) is 10.2. The average molecular weight is 304 g/mol. The number of fused-ring (bicyclic) bond motifs is 1. The third-order valence-electron chi connectivity index (χ3n) is 3.43. The lowest BCUT2D eigenvalue weighted by Gasteiger charge is -2.16. The molecule has 2 aromatic heterocycles. The van der Waals surface area contributed by atoms with E-state index in [0.29, 0.717) is 0 Å². The van der Waals surface area contributed by atoms with Crippen molar-refractivity contribution in [2.75, 3.05) is 0 Å². The molecule has 0 aliphatic rings. The Kier molecular flexibility index (Phi) is 4.01. The van der Waals surface area contributed by atoms with Crippen LogP contribution in [0.15, 0.2) is 36.5 Å². The van der Waals surface area contributed by atoms with E-state index in [2.05, 4.69) is 17.4 Å². The standard InChI is InChI=1S/C15H17FN4S/c1-2-7-20-12(5-6-18-20)15(19-17)14-8-10-3-4-11(16)9-13(10)21-14/h3-6,8-9,15,19H,2,7,17H2,1H3. The molecule has 0 saturated carbocycles. The van der Waals surface area contributed by atoms with Gasteiger partial charge >= 0.3 is 0 Å². The molecule has 1 aromatic carbocycles. The number of hydrazine groups is 1. The van der Waals surface area contributed by atoms with Gasteiger partial charge in [-0.3, -0.25) is 10.5 Å². The first-order valence-corrected chi connectivity index (χ1v) is 7.71. The number of aryl methyl sites for hydroxylation is 1. The smallest absolute Gasteiger partial charge is 0.124 e. The molecule has 1 unspecified atom stereocenters. The SMILES string of the molecule is CCCn1nccc1C(NN)c1cc2ccc(F)cc2s1. The van der Waals surface area contributed by atoms with Crippen LogP contribution in [0.25, 0.3) is 10.1 Å². The van der Waals surface area contributed by atoms with Crippen LogP contribution in [0.3, 0.4) is 0 Å². The number of halogens is 1. The van der Waals surface area contributed by atoms with E-state index in [1.54, 1.807) is 29.7 Å². The Labute approximate surface area is 126 Å². The summed E-state index contributed by atoms with van der Waals surface area (Å²) >= 11 is 1.55. The Morgan fingerprint density at radius 3 is 3.00 bits per heavy atom. The lowest BCUT2D eigenvalue weighted by molar-refractivity contribution is 0.524. The highest BCUT2D eigenvalue weighted by Crippen LogP contribution is 2.33. The summed E-state index contributed by atoms with van der Waals surface area (Å²) in [6.45, 7) is 2.96. The third kappa shape index (κ3) is 2.70. The van der Waals surface area contributed by atoms with Gasteiger partial charge in [0, 0.05) is 22.3 Å². The van der Waals surface area contributed by atoms with Gasteiger partial charge in [-0.2, -0.15) is 5.10 Å². The summed E-state index contributed by atoms with van der Waals surface area (Å²) in [4.78, 5) is 1.05. The monoisotopic (exact) mass is 304 g/mol. The van der Waals surface area contributed by atoms with Crippen LogP contribution in [0.1, 0.15) is 30.0 Å². The Morgan fingerprint density at radius 1 is 1.38 bits per heavy atom. The molecule has 3 N–H and O–H groups in total. The summed E-state index contributed by atoms with van der Waals surface area (Å²) in [6.07, 6.45) is 2.78. The van der Waals surface area contributed by atoms with Gasteiger partial charge in [-0.15, -0.1) is 11.3 Å². The molecule has 3 aromatic rings. The molecule has 0 bridgehead atoms. The first-order valence-electron chi connectivity index (χ1n) is 6.89. The molecular weight excluding hydrogens is 287 g/mol. The molecular formula is C15H17FN4S. The van der Waals surface area contributed by atoms with Gasteiger partial charge in [0.05, 0.1) is 11.7 Å². The maximum absolute atomic E-state index is 13.3. The molecule has 2 heterocycles. The molecule has 0 saturated heterocycles. The van der Waals surface area contributed by atoms with Gasteiger partial charge < -0.3 is 0 Å². The predicted molar refractivity (Wildman–Crippen MR) is 83.5 cm³/mol. The fourth-order valence-electron chi connectivity index (χ4n) is 2.47. The van der Waals surface area contributed by atoms with Gasteiger partial charge in [-0.1, -0.05) is 13.0 Å². The van der Waals surface area contributed by atoms with Crippen molar-refractivity contribution in [3.05, 3.63) is 52.9 Å². The average Bonchev–Trinajstić information content (AvgIpc) is 3.07. The second-order valence-corrected chi connectivity index (χ2v) is 6.03. The molecule has 0 aliphatic carbocycles. The fourth-order valence-corrected chi connectivity index (χ4v) is 3.63. The van der Waals surface area contributed by atoms with E-state index in [0.717, 1.165) is 33.6 Å². The summed E-state index contributed by atoms with van der Waals surface area (Å²) in [6, 6.07) is 8.70. The number of hydrogen-bond acceptors (Lipinski definition) is 4. The summed E-state index contributed by atoms with van der Waals surface area (Å²) in [5.74, 6) is 5.54. The largest absolute Gasteiger partial charge is 0.270 e. The van der Waals surface area contributed by atoms with Gasteiger partial charge in [0.1, 0.15) is 5.82 Å². The van der Waals surface area contributed by atoms with Crippen LogP contribution < -0.4 is 11.3 Å². The summed E-state index contributed by atoms with van der Waals surface area (Å²) in [7, 11) is 0. The lowest BCUT2D eigenvalue weighted by atomic mass is 10.1. The van der Waals surface area contributed by atoms with Crippen molar-refractivity contribution in [2.24, 2.45) is 5.84 Å². The van der Waals surface area contributed by atoms with E-state index in [9.17, 15) is 4.39 Å². The number of hydrogen-bond donors (Lipinski definition) is 2. The molecule has 6 heteroatoms. The van der Waals surface area contributed by atoms with Gasteiger partial charge in [0.2, 0.25) is 0 Å². The molecule has 110 valence electrons. The lowest BCUT2D eigenvalue weighted by Crippen LogP contribution is -2.30. The Morgan fingerprint density at radius 2 is 2.24 bits per heavy atom. The molecule has 4 nitrogen and oxygen atoms in total. The number of nitrogens with zero attached hydrogens (tertiary/aromatic N) is 2. The molecule has 0 spiro atoms. The second-order valence-electron chi connectivity index (χ2n) is 4.91. The minimum Gasteiger partial charge on any atom is -0.270 e. The van der Waals surface area contributed by atoms with Crippen LogP contribution in [0.5, 0.6) is 0 Å². The fraction of sp³-hybridized carbons (Fsp3) is 0.267. The zero-order valence-corrected chi connectivity index (χ0v) is 12.5. The Balaban J connectivity index is 2.03. The molecule has 0 radical (unpaired) electrons. The molecule has 21 heavy (non-hydrogen) atoms. The van der Waals surface area contributed by atoms with Crippen LogP contribution in [0.4, 0.5) is 4.39 Å². The summed E-state index contributed by atoms with van der Waals surface area (Å²) < 4.78 is 16.2. The van der Waals surface area contributed by atoms with Crippen molar-refractivity contribution in [1.29, 1.82) is 0 Å². The number of rotatable bonds is 5. The second kappa shape index (κ2) is 5.93. The zero-order valence-electron chi connectivity index (χ0n) is 11.7. The molecule has 0 amide bonds. The van der Waals surface area contributed by atoms with Crippen LogP contribution in [-0.2, 0) is 6.54 Å². The minimum absolute atomic E-state index is 0.139.